The number of hydrogen-bond acceptors (Lipinski definition) is 3. The van der Waals surface area contributed by atoms with Gasteiger partial charge in [-0.2, -0.15) is 0 Å². The fourth-order valence-electron chi connectivity index (χ4n) is 4.31. The first-order chi connectivity index (χ1) is 19.1. The summed E-state index contributed by atoms with van der Waals surface area (Å²) >= 11 is 0. The summed E-state index contributed by atoms with van der Waals surface area (Å²) in [6, 6.07) is 13.6. The minimum absolute atomic E-state index is 0.00321. The van der Waals surface area contributed by atoms with Crippen molar-refractivity contribution in [2.45, 2.75) is 101 Å². The molecule has 0 saturated carbocycles. The van der Waals surface area contributed by atoms with Crippen LogP contribution in [0.3, 0.4) is 0 Å². The molecule has 228 valence electrons. The van der Waals surface area contributed by atoms with Crippen LogP contribution in [0.4, 0.5) is 0 Å². The number of benzene rings is 2. The topological polar surface area (TPSA) is 63.6 Å². The number of ether oxygens (including phenoxy) is 1. The van der Waals surface area contributed by atoms with Gasteiger partial charge in [0.05, 0.1) is 6.61 Å². The van der Waals surface area contributed by atoms with Gasteiger partial charge in [0.2, 0.25) is 0 Å². The predicted molar refractivity (Wildman–Crippen MR) is 178 cm³/mol. The number of carboxylic acid groups (broad SMARTS) is 1. The fourth-order valence-corrected chi connectivity index (χ4v) is 4.31. The van der Waals surface area contributed by atoms with Gasteiger partial charge in [-0.05, 0) is 92.3 Å². The second kappa shape index (κ2) is 19.6. The molecule has 1 N–H and O–H groups in total. The normalized spacial score (nSPS) is 10.9. The maximum atomic E-state index is 9.00. The van der Waals surface area contributed by atoms with Gasteiger partial charge in [-0.25, -0.2) is 0 Å². The smallest absolute Gasteiger partial charge is 0.300 e. The standard InChI is InChI=1S/C29H38O.C5H12.C2H4O2.CH2O/c1-9-24(14-13-21(5)6)27-17-15-25(19-22(27)7)29(10-2,11-3)26-16-18-28(30-12-4)23(8)20-26;1-5(2,3)4;1-2(3)4;1-2/h9,13-20H,1,10-12H2,2-8H3;1-4H3;1H3,(H,3,4);1H2/b24-14+;;;. The molecule has 0 amide bonds. The molecular weight excluding hydrogens is 508 g/mol. The lowest BCUT2D eigenvalue weighted by atomic mass is 9.69. The molecule has 2 aromatic rings. The highest BCUT2D eigenvalue weighted by Gasteiger charge is 2.31. The summed E-state index contributed by atoms with van der Waals surface area (Å²) in [6.07, 6.45) is 8.36. The van der Waals surface area contributed by atoms with E-state index in [0.717, 1.165) is 31.1 Å². The predicted octanol–water partition coefficient (Wildman–Crippen LogP) is 10.3. The molecule has 0 heterocycles. The van der Waals surface area contributed by atoms with E-state index in [2.05, 4.69) is 124 Å². The molecule has 41 heavy (non-hydrogen) atoms. The molecular formula is C37H56O4. The van der Waals surface area contributed by atoms with Crippen molar-refractivity contribution < 1.29 is 19.4 Å². The van der Waals surface area contributed by atoms with Crippen LogP contribution in [0.1, 0.15) is 110 Å². The maximum absolute atomic E-state index is 9.00. The van der Waals surface area contributed by atoms with Crippen molar-refractivity contribution >= 4 is 18.3 Å². The van der Waals surface area contributed by atoms with Gasteiger partial charge in [0.1, 0.15) is 12.5 Å². The number of rotatable bonds is 9. The molecule has 0 atom stereocenters. The average Bonchev–Trinajstić information content (AvgIpc) is 2.88. The van der Waals surface area contributed by atoms with E-state index in [0.29, 0.717) is 12.0 Å². The van der Waals surface area contributed by atoms with Crippen LogP contribution in [0.15, 0.2) is 66.8 Å². The van der Waals surface area contributed by atoms with Gasteiger partial charge in [0.25, 0.3) is 5.97 Å². The van der Waals surface area contributed by atoms with E-state index in [1.54, 1.807) is 0 Å². The molecule has 0 aromatic heterocycles. The van der Waals surface area contributed by atoms with Crippen molar-refractivity contribution in [1.29, 1.82) is 0 Å². The molecule has 0 fully saturated rings. The number of hydrogen-bond donors (Lipinski definition) is 1. The van der Waals surface area contributed by atoms with E-state index in [9.17, 15) is 0 Å². The highest BCUT2D eigenvalue weighted by Crippen LogP contribution is 2.41. The third-order valence-corrected chi connectivity index (χ3v) is 6.14. The first-order valence-electron chi connectivity index (χ1n) is 14.4. The van der Waals surface area contributed by atoms with Gasteiger partial charge >= 0.3 is 0 Å². The first-order valence-corrected chi connectivity index (χ1v) is 14.4. The Kier molecular flexibility index (Phi) is 19.0. The molecule has 0 aliphatic carbocycles. The van der Waals surface area contributed by atoms with E-state index in [1.807, 2.05) is 19.8 Å². The molecule has 0 aliphatic heterocycles. The highest BCUT2D eigenvalue weighted by molar-refractivity contribution is 5.77. The second-order valence-corrected chi connectivity index (χ2v) is 11.8. The monoisotopic (exact) mass is 564 g/mol. The SMILES string of the molecule is C=C/C(=C\C=C(C)C)c1ccc(C(CC)(CC)c2ccc(OCC)c(C)c2)cc1C.C=O.CC(=O)O.CC(C)(C)C. The second-order valence-electron chi connectivity index (χ2n) is 11.8. The lowest BCUT2D eigenvalue weighted by Crippen LogP contribution is -2.26. The van der Waals surface area contributed by atoms with Crippen molar-refractivity contribution in [2.24, 2.45) is 5.41 Å². The van der Waals surface area contributed by atoms with Crippen molar-refractivity contribution in [3.8, 4) is 5.75 Å². The zero-order chi connectivity index (χ0) is 32.4. The zero-order valence-corrected chi connectivity index (χ0v) is 27.9. The minimum Gasteiger partial charge on any atom is -0.494 e. The van der Waals surface area contributed by atoms with E-state index in [1.165, 1.54) is 33.4 Å². The molecule has 0 saturated heterocycles. The van der Waals surface area contributed by atoms with Crippen LogP contribution in [-0.4, -0.2) is 24.5 Å². The minimum atomic E-state index is -0.833. The van der Waals surface area contributed by atoms with Gasteiger partial charge in [-0.3, -0.25) is 4.79 Å². The Morgan fingerprint density at radius 3 is 1.63 bits per heavy atom. The Morgan fingerprint density at radius 2 is 1.29 bits per heavy atom. The third kappa shape index (κ3) is 14.7. The summed E-state index contributed by atoms with van der Waals surface area (Å²) in [6.45, 7) is 31.8. The van der Waals surface area contributed by atoms with E-state index >= 15 is 0 Å². The molecule has 0 unspecified atom stereocenters. The largest absolute Gasteiger partial charge is 0.494 e. The number of carbonyl (C=O) groups excluding carboxylic acids is 1. The van der Waals surface area contributed by atoms with Crippen LogP contribution in [0.25, 0.3) is 5.57 Å². The number of carboxylic acids is 1. The summed E-state index contributed by atoms with van der Waals surface area (Å²) in [7, 11) is 0. The van der Waals surface area contributed by atoms with Gasteiger partial charge in [-0.1, -0.05) is 102 Å². The Labute approximate surface area is 251 Å². The van der Waals surface area contributed by atoms with Crippen molar-refractivity contribution in [3.05, 3.63) is 94.6 Å². The molecule has 0 radical (unpaired) electrons. The first kappa shape index (κ1) is 39.7. The van der Waals surface area contributed by atoms with Crippen molar-refractivity contribution in [3.63, 3.8) is 0 Å². The number of carbonyl (C=O) groups is 2. The molecule has 2 aromatic carbocycles. The van der Waals surface area contributed by atoms with Crippen LogP contribution < -0.4 is 4.74 Å². The van der Waals surface area contributed by atoms with Crippen molar-refractivity contribution in [1.82, 2.24) is 0 Å². The quantitative estimate of drug-likeness (QED) is 0.308. The highest BCUT2D eigenvalue weighted by atomic mass is 16.5. The number of aliphatic carboxylic acids is 1. The fraction of sp³-hybridized carbons (Fsp3) is 0.459. The summed E-state index contributed by atoms with van der Waals surface area (Å²) in [5.41, 5.74) is 9.42. The van der Waals surface area contributed by atoms with E-state index in [4.69, 9.17) is 19.4 Å². The van der Waals surface area contributed by atoms with Gasteiger partial charge in [0.15, 0.2) is 0 Å². The van der Waals surface area contributed by atoms with Crippen molar-refractivity contribution in [2.75, 3.05) is 6.61 Å². The van der Waals surface area contributed by atoms with Crippen LogP contribution >= 0.6 is 0 Å². The van der Waals surface area contributed by atoms with Gasteiger partial charge in [-0.15, -0.1) is 0 Å². The van der Waals surface area contributed by atoms with Gasteiger partial charge in [0, 0.05) is 12.3 Å². The van der Waals surface area contributed by atoms with Crippen LogP contribution in [0.5, 0.6) is 5.75 Å². The molecule has 0 spiro atoms. The molecule has 0 bridgehead atoms. The Hall–Kier alpha value is -3.40. The zero-order valence-electron chi connectivity index (χ0n) is 27.9. The van der Waals surface area contributed by atoms with Crippen LogP contribution in [0, 0.1) is 19.3 Å². The lowest BCUT2D eigenvalue weighted by Gasteiger charge is -2.34. The Bertz CT molecular complexity index is 1130. The molecule has 4 heteroatoms. The number of allylic oxidation sites excluding steroid dienone is 5. The summed E-state index contributed by atoms with van der Waals surface area (Å²) in [4.78, 5) is 17.0. The van der Waals surface area contributed by atoms with Crippen LogP contribution in [-0.2, 0) is 15.0 Å². The number of aryl methyl sites for hydroxylation is 2. The lowest BCUT2D eigenvalue weighted by molar-refractivity contribution is -0.134. The maximum Gasteiger partial charge on any atom is 0.300 e. The Morgan fingerprint density at radius 1 is 0.854 bits per heavy atom. The van der Waals surface area contributed by atoms with Gasteiger partial charge < -0.3 is 14.6 Å². The van der Waals surface area contributed by atoms with E-state index < -0.39 is 5.97 Å². The molecule has 4 nitrogen and oxygen atoms in total. The Balaban J connectivity index is 0. The third-order valence-electron chi connectivity index (χ3n) is 6.14. The summed E-state index contributed by atoms with van der Waals surface area (Å²) in [5, 5.41) is 7.42. The van der Waals surface area contributed by atoms with E-state index in [-0.39, 0.29) is 5.41 Å². The summed E-state index contributed by atoms with van der Waals surface area (Å²) < 4.78 is 5.77. The molecule has 2 rings (SSSR count). The van der Waals surface area contributed by atoms with Crippen LogP contribution in [0.2, 0.25) is 0 Å². The average molecular weight is 565 g/mol. The molecule has 0 aliphatic rings. The summed E-state index contributed by atoms with van der Waals surface area (Å²) in [5.74, 6) is 0.147.